The molecule has 0 aliphatic rings. The van der Waals surface area contributed by atoms with Crippen molar-refractivity contribution in [3.05, 3.63) is 0 Å². The van der Waals surface area contributed by atoms with Gasteiger partial charge in [-0.15, -0.1) is 43.6 Å². The summed E-state index contributed by atoms with van der Waals surface area (Å²) in [4.78, 5) is 0. The Morgan fingerprint density at radius 1 is 1.00 bits per heavy atom. The van der Waals surface area contributed by atoms with Crippen molar-refractivity contribution in [3.8, 4) is 0 Å². The highest BCUT2D eigenvalue weighted by Gasteiger charge is 1.84. The highest BCUT2D eigenvalue weighted by Crippen LogP contribution is 1.89. The van der Waals surface area contributed by atoms with Gasteiger partial charge in [-0.3, -0.25) is 0 Å². The molecule has 0 radical (unpaired) electrons. The minimum Gasteiger partial charge on any atom is -0.128 e. The molecule has 44 valence electrons. The first-order valence-electron chi connectivity index (χ1n) is 2.53. The second-order valence-electron chi connectivity index (χ2n) is 1.44. The van der Waals surface area contributed by atoms with Crippen molar-refractivity contribution in [2.45, 2.75) is 11.3 Å². The maximum Gasteiger partial charge on any atom is 0.0907 e. The molecule has 0 aromatic heterocycles. The van der Waals surface area contributed by atoms with Crippen LogP contribution in [0.2, 0.25) is 11.3 Å². The summed E-state index contributed by atoms with van der Waals surface area (Å²) in [7, 11) is 1.41. The first kappa shape index (κ1) is 9.11. The summed E-state index contributed by atoms with van der Waals surface area (Å²) in [5, 5.41) is 0. The lowest BCUT2D eigenvalue weighted by molar-refractivity contribution is 1.91. The Kier molecular flexibility index (Phi) is 10.6. The zero-order valence-corrected chi connectivity index (χ0v) is 12.8. The maximum absolute atomic E-state index is 2.61. The number of hydrogen-bond acceptors (Lipinski definition) is 0. The molecule has 0 aromatic carbocycles. The zero-order chi connectivity index (χ0) is 5.54. The molecule has 5 heteroatoms. The standard InChI is InChI=1S/C2H10I2Si3/c3-6-1-5-2-7-4/h1-2,5-7H2. The molecule has 0 nitrogen and oxygen atoms in total. The van der Waals surface area contributed by atoms with Crippen LogP contribution in [-0.4, -0.2) is 23.6 Å². The normalized spacial score (nSPS) is 14.6. The van der Waals surface area contributed by atoms with E-state index in [-0.39, 0.29) is 0 Å². The molecule has 0 aliphatic heterocycles. The van der Waals surface area contributed by atoms with Crippen LogP contribution in [0.5, 0.6) is 0 Å². The third-order valence-corrected chi connectivity index (χ3v) is 20.6. The van der Waals surface area contributed by atoms with Crippen molar-refractivity contribution in [1.82, 2.24) is 0 Å². The number of hydrogen-bond donors (Lipinski definition) is 0. The molecule has 7 heavy (non-hydrogen) atoms. The van der Waals surface area contributed by atoms with E-state index in [4.69, 9.17) is 0 Å². The second kappa shape index (κ2) is 8.11. The molecule has 0 atom stereocenters. The highest BCUT2D eigenvalue weighted by molar-refractivity contribution is 14.1. The van der Waals surface area contributed by atoms with Crippen LogP contribution in [0.4, 0.5) is 0 Å². The first-order valence-corrected chi connectivity index (χ1v) is 16.8. The third-order valence-electron chi connectivity index (χ3n) is 0.767. The van der Waals surface area contributed by atoms with E-state index >= 15 is 0 Å². The van der Waals surface area contributed by atoms with E-state index in [1.54, 1.807) is 11.3 Å². The smallest absolute Gasteiger partial charge is 0.0907 e. The third kappa shape index (κ3) is 8.11. The predicted molar refractivity (Wildman–Crippen MR) is 63.3 cm³/mol. The van der Waals surface area contributed by atoms with E-state index in [0.29, 0.717) is 23.6 Å². The summed E-state index contributed by atoms with van der Waals surface area (Å²) >= 11 is 5.23. The van der Waals surface area contributed by atoms with E-state index in [0.717, 1.165) is 0 Å². The Bertz CT molecular complexity index is 30.1. The SMILES string of the molecule is I[SiH2]C[SiH2]C[SiH2]I. The lowest BCUT2D eigenvalue weighted by atomic mass is 11.8. The average molecular weight is 372 g/mol. The molecule has 0 rings (SSSR count). The van der Waals surface area contributed by atoms with Gasteiger partial charge in [0.1, 0.15) is 0 Å². The zero-order valence-electron chi connectivity index (χ0n) is 4.29. The van der Waals surface area contributed by atoms with Crippen molar-refractivity contribution in [2.75, 3.05) is 0 Å². The fraction of sp³-hybridized carbons (Fsp3) is 1.00. The summed E-state index contributed by atoms with van der Waals surface area (Å²) in [6.07, 6.45) is 0. The van der Waals surface area contributed by atoms with Gasteiger partial charge < -0.3 is 0 Å². The van der Waals surface area contributed by atoms with E-state index in [1.165, 1.54) is 0 Å². The Morgan fingerprint density at radius 2 is 1.43 bits per heavy atom. The van der Waals surface area contributed by atoms with Crippen molar-refractivity contribution >= 4 is 67.1 Å². The van der Waals surface area contributed by atoms with Crippen LogP contribution in [0.1, 0.15) is 0 Å². The summed E-state index contributed by atoms with van der Waals surface area (Å²) < 4.78 is 0. The van der Waals surface area contributed by atoms with Gasteiger partial charge in [0.25, 0.3) is 0 Å². The minimum absolute atomic E-state index is 0.444. The number of rotatable bonds is 4. The summed E-state index contributed by atoms with van der Waals surface area (Å²) in [6, 6.07) is 0. The Morgan fingerprint density at radius 3 is 1.71 bits per heavy atom. The van der Waals surface area contributed by atoms with Gasteiger partial charge in [0.2, 0.25) is 0 Å². The molecule has 0 N–H and O–H groups in total. The van der Waals surface area contributed by atoms with Crippen LogP contribution in [0.15, 0.2) is 0 Å². The van der Waals surface area contributed by atoms with Crippen LogP contribution in [0.25, 0.3) is 0 Å². The lowest BCUT2D eigenvalue weighted by Crippen LogP contribution is -1.92. The summed E-state index contributed by atoms with van der Waals surface area (Å²) in [5.41, 5.74) is 3.44. The molecule has 0 amide bonds. The van der Waals surface area contributed by atoms with Crippen LogP contribution < -0.4 is 0 Å². The fourth-order valence-corrected chi connectivity index (χ4v) is 16.2. The minimum atomic E-state index is 0.444. The molecule has 0 unspecified atom stereocenters. The monoisotopic (exact) mass is 372 g/mol. The number of halogens is 2. The van der Waals surface area contributed by atoms with Gasteiger partial charge in [0, 0.05) is 9.52 Å². The van der Waals surface area contributed by atoms with E-state index in [2.05, 4.69) is 43.6 Å². The van der Waals surface area contributed by atoms with Crippen LogP contribution in [0.3, 0.4) is 0 Å². The molecule has 0 fully saturated rings. The maximum atomic E-state index is 2.61. The topological polar surface area (TPSA) is 0 Å². The van der Waals surface area contributed by atoms with Crippen LogP contribution in [0, 0.1) is 0 Å². The molecular weight excluding hydrogens is 362 g/mol. The molecular formula is C2H10I2Si3. The van der Waals surface area contributed by atoms with Gasteiger partial charge in [-0.1, -0.05) is 11.3 Å². The van der Waals surface area contributed by atoms with E-state index in [1.807, 2.05) is 0 Å². The summed E-state index contributed by atoms with van der Waals surface area (Å²) in [5.74, 6) is 0. The lowest BCUT2D eigenvalue weighted by Gasteiger charge is -1.86. The first-order chi connectivity index (χ1) is 3.41. The van der Waals surface area contributed by atoms with Crippen molar-refractivity contribution < 1.29 is 0 Å². The highest BCUT2D eigenvalue weighted by atomic mass is 127. The quantitative estimate of drug-likeness (QED) is 0.281. The Labute approximate surface area is 77.5 Å². The van der Waals surface area contributed by atoms with Gasteiger partial charge in [0.05, 0.1) is 14.0 Å². The van der Waals surface area contributed by atoms with Gasteiger partial charge in [0.15, 0.2) is 0 Å². The van der Waals surface area contributed by atoms with Crippen molar-refractivity contribution in [3.63, 3.8) is 0 Å². The Hall–Kier alpha value is 2.11. The van der Waals surface area contributed by atoms with Gasteiger partial charge in [-0.25, -0.2) is 0 Å². The Balaban J connectivity index is 2.45. The van der Waals surface area contributed by atoms with Gasteiger partial charge in [-0.2, -0.15) is 0 Å². The van der Waals surface area contributed by atoms with E-state index < -0.39 is 0 Å². The molecule has 0 saturated carbocycles. The largest absolute Gasteiger partial charge is 0.128 e. The van der Waals surface area contributed by atoms with Crippen LogP contribution in [-0.2, 0) is 0 Å². The molecule has 0 spiro atoms. The van der Waals surface area contributed by atoms with Gasteiger partial charge >= 0.3 is 0 Å². The second-order valence-corrected chi connectivity index (χ2v) is 15.0. The summed E-state index contributed by atoms with van der Waals surface area (Å²) in [6.45, 7) is 0. The van der Waals surface area contributed by atoms with E-state index in [9.17, 15) is 0 Å². The molecule has 0 aromatic rings. The fourth-order valence-electron chi connectivity index (χ4n) is 0.366. The molecule has 0 heterocycles. The molecule has 0 bridgehead atoms. The average Bonchev–Trinajstić information content (AvgIpc) is 1.69. The van der Waals surface area contributed by atoms with Crippen molar-refractivity contribution in [1.29, 1.82) is 0 Å². The van der Waals surface area contributed by atoms with Crippen LogP contribution >= 0.6 is 43.6 Å². The van der Waals surface area contributed by atoms with Crippen molar-refractivity contribution in [2.24, 2.45) is 0 Å². The predicted octanol–water partition coefficient (Wildman–Crippen LogP) is -0.0556. The molecule has 0 saturated heterocycles. The molecule has 0 aliphatic carbocycles. The van der Waals surface area contributed by atoms with Gasteiger partial charge in [-0.05, 0) is 0 Å².